The maximum absolute atomic E-state index is 13.6. The molecule has 3 rings (SSSR count). The first-order valence-electron chi connectivity index (χ1n) is 9.72. The molecule has 0 aromatic heterocycles. The van der Waals surface area contributed by atoms with Crippen molar-refractivity contribution < 1.29 is 48.6 Å². The molecule has 1 N–H and O–H groups in total. The summed E-state index contributed by atoms with van der Waals surface area (Å²) in [6.45, 7) is -0.154. The monoisotopic (exact) mass is 511 g/mol. The van der Waals surface area contributed by atoms with Crippen LogP contribution in [0.5, 0.6) is 11.5 Å². The molecule has 0 amide bonds. The lowest BCUT2D eigenvalue weighted by Gasteiger charge is -2.20. The lowest BCUT2D eigenvalue weighted by atomic mass is 10.0. The maximum Gasteiger partial charge on any atom is 0.458 e. The smallest absolute Gasteiger partial charge is 0.457 e. The van der Waals surface area contributed by atoms with Gasteiger partial charge >= 0.3 is 24.2 Å². The van der Waals surface area contributed by atoms with Crippen LogP contribution < -0.4 is 10.1 Å². The Hall–Kier alpha value is -3.44. The van der Waals surface area contributed by atoms with Gasteiger partial charge in [-0.2, -0.15) is 43.9 Å². The van der Waals surface area contributed by atoms with Crippen molar-refractivity contribution in [2.45, 2.75) is 30.7 Å². The van der Waals surface area contributed by atoms with E-state index in [0.717, 1.165) is 12.1 Å². The summed E-state index contributed by atoms with van der Waals surface area (Å²) in [6.07, 6.45) is -11.6. The molecule has 0 fully saturated rings. The summed E-state index contributed by atoms with van der Waals surface area (Å²) in [6, 6.07) is 12.7. The molecular weight excluding hydrogens is 496 g/mol. The van der Waals surface area contributed by atoms with E-state index >= 15 is 0 Å². The van der Waals surface area contributed by atoms with Gasteiger partial charge in [0.2, 0.25) is 0 Å². The third-order valence-corrected chi connectivity index (χ3v) is 4.76. The summed E-state index contributed by atoms with van der Waals surface area (Å²) in [5.74, 6) is -10.4. The Balaban J connectivity index is 1.73. The second-order valence-corrected chi connectivity index (χ2v) is 7.36. The fourth-order valence-electron chi connectivity index (χ4n) is 2.97. The number of benzene rings is 3. The van der Waals surface area contributed by atoms with Gasteiger partial charge in [-0.05, 0) is 35.9 Å². The van der Waals surface area contributed by atoms with E-state index in [1.807, 2.05) is 0 Å². The van der Waals surface area contributed by atoms with Gasteiger partial charge in [-0.3, -0.25) is 0 Å². The van der Waals surface area contributed by atoms with Gasteiger partial charge in [0.25, 0.3) is 0 Å². The van der Waals surface area contributed by atoms with Crippen molar-refractivity contribution in [3.63, 3.8) is 0 Å². The Bertz CT molecular complexity index is 1170. The Labute approximate surface area is 192 Å². The van der Waals surface area contributed by atoms with Crippen LogP contribution in [-0.4, -0.2) is 12.4 Å². The zero-order valence-corrected chi connectivity index (χ0v) is 17.3. The molecule has 0 aliphatic rings. The summed E-state index contributed by atoms with van der Waals surface area (Å²) in [5.41, 5.74) is -2.11. The molecule has 0 saturated carbocycles. The fraction of sp³-hybridized carbons (Fsp3) is 0.217. The average Bonchev–Trinajstić information content (AvgIpc) is 2.77. The van der Waals surface area contributed by atoms with E-state index in [1.54, 1.807) is 0 Å². The Morgan fingerprint density at radius 3 is 1.63 bits per heavy atom. The molecule has 3 aromatic carbocycles. The second-order valence-electron chi connectivity index (χ2n) is 7.36. The summed E-state index contributed by atoms with van der Waals surface area (Å²) in [7, 11) is 0. The number of nitrogens with one attached hydrogen (secondary N) is 1. The molecule has 0 radical (unpaired) electrons. The fourth-order valence-corrected chi connectivity index (χ4v) is 2.97. The van der Waals surface area contributed by atoms with E-state index in [2.05, 4.69) is 5.32 Å². The van der Waals surface area contributed by atoms with Crippen LogP contribution in [0.25, 0.3) is 0 Å². The van der Waals surface area contributed by atoms with Gasteiger partial charge in [0.15, 0.2) is 0 Å². The lowest BCUT2D eigenvalue weighted by Crippen LogP contribution is -2.33. The highest BCUT2D eigenvalue weighted by atomic mass is 19.4. The van der Waals surface area contributed by atoms with Crippen LogP contribution in [0.15, 0.2) is 72.8 Å². The minimum absolute atomic E-state index is 0.0415. The number of anilines is 1. The first-order valence-corrected chi connectivity index (χ1v) is 9.72. The Morgan fingerprint density at radius 2 is 1.06 bits per heavy atom. The minimum atomic E-state index is -5.79. The van der Waals surface area contributed by atoms with Crippen molar-refractivity contribution in [2.75, 3.05) is 5.32 Å². The summed E-state index contributed by atoms with van der Waals surface area (Å²) >= 11 is 0. The van der Waals surface area contributed by atoms with E-state index in [-0.39, 0.29) is 23.6 Å². The van der Waals surface area contributed by atoms with Gasteiger partial charge in [0, 0.05) is 29.4 Å². The first-order chi connectivity index (χ1) is 16.1. The van der Waals surface area contributed by atoms with Crippen LogP contribution in [0.4, 0.5) is 49.6 Å². The van der Waals surface area contributed by atoms with Crippen LogP contribution in [0.2, 0.25) is 0 Å². The molecule has 2 nitrogen and oxygen atoms in total. The van der Waals surface area contributed by atoms with Crippen molar-refractivity contribution >= 4 is 5.69 Å². The predicted molar refractivity (Wildman–Crippen MR) is 107 cm³/mol. The van der Waals surface area contributed by atoms with E-state index < -0.39 is 35.3 Å². The normalized spacial score (nSPS) is 13.0. The highest BCUT2D eigenvalue weighted by Crippen LogP contribution is 2.45. The highest BCUT2D eigenvalue weighted by molar-refractivity contribution is 5.50. The summed E-state index contributed by atoms with van der Waals surface area (Å²) < 4.78 is 135. The van der Waals surface area contributed by atoms with Crippen molar-refractivity contribution in [3.8, 4) is 11.5 Å². The molecule has 0 spiro atoms. The third-order valence-electron chi connectivity index (χ3n) is 4.76. The molecule has 0 unspecified atom stereocenters. The van der Waals surface area contributed by atoms with Crippen molar-refractivity contribution in [1.82, 2.24) is 0 Å². The van der Waals surface area contributed by atoms with Crippen LogP contribution in [0.1, 0.15) is 16.7 Å². The maximum atomic E-state index is 13.6. The molecule has 0 aliphatic carbocycles. The minimum Gasteiger partial charge on any atom is -0.457 e. The Morgan fingerprint density at radius 1 is 0.571 bits per heavy atom. The van der Waals surface area contributed by atoms with Crippen molar-refractivity contribution in [3.05, 3.63) is 89.5 Å². The molecule has 0 atom stereocenters. The van der Waals surface area contributed by atoms with Crippen molar-refractivity contribution in [2.24, 2.45) is 0 Å². The quantitative estimate of drug-likeness (QED) is 0.322. The van der Waals surface area contributed by atoms with Gasteiger partial charge in [-0.15, -0.1) is 0 Å². The average molecular weight is 511 g/mol. The topological polar surface area (TPSA) is 21.3 Å². The van der Waals surface area contributed by atoms with Gasteiger partial charge in [-0.1, -0.05) is 36.4 Å². The van der Waals surface area contributed by atoms with E-state index in [9.17, 15) is 43.9 Å². The van der Waals surface area contributed by atoms with Crippen molar-refractivity contribution in [1.29, 1.82) is 0 Å². The highest BCUT2D eigenvalue weighted by Gasteiger charge is 2.59. The predicted octanol–water partition coefficient (Wildman–Crippen LogP) is 8.40. The molecular formula is C23H15F10NO. The lowest BCUT2D eigenvalue weighted by molar-refractivity contribution is -0.289. The van der Waals surface area contributed by atoms with Gasteiger partial charge in [0.05, 0.1) is 0 Å². The van der Waals surface area contributed by atoms with Crippen LogP contribution in [-0.2, 0) is 18.4 Å². The van der Waals surface area contributed by atoms with Crippen LogP contribution in [0, 0.1) is 0 Å². The largest absolute Gasteiger partial charge is 0.458 e. The zero-order valence-electron chi connectivity index (χ0n) is 17.3. The molecule has 35 heavy (non-hydrogen) atoms. The summed E-state index contributed by atoms with van der Waals surface area (Å²) in [5, 5.41) is 2.79. The molecule has 0 bridgehead atoms. The first kappa shape index (κ1) is 26.2. The molecule has 3 aromatic rings. The standard InChI is InChI=1S/C23H15F10NO/c24-20(25,22(28,29)30)15-5-1-4-14(10-15)13-34-17-7-3-9-19(12-17)35-18-8-2-6-16(11-18)21(26,27)23(31,32)33/h1-12,34H,13H2. The van der Waals surface area contributed by atoms with Gasteiger partial charge < -0.3 is 10.1 Å². The number of hydrogen-bond acceptors (Lipinski definition) is 2. The second kappa shape index (κ2) is 9.31. The molecule has 188 valence electrons. The molecule has 0 saturated heterocycles. The molecule has 12 heteroatoms. The number of halogens is 10. The van der Waals surface area contributed by atoms with Gasteiger partial charge in [-0.25, -0.2) is 0 Å². The number of rotatable bonds is 7. The number of alkyl halides is 10. The van der Waals surface area contributed by atoms with E-state index in [4.69, 9.17) is 4.74 Å². The van der Waals surface area contributed by atoms with E-state index in [1.165, 1.54) is 36.4 Å². The number of hydrogen-bond donors (Lipinski definition) is 1. The third kappa shape index (κ3) is 5.80. The van der Waals surface area contributed by atoms with E-state index in [0.29, 0.717) is 30.0 Å². The SMILES string of the molecule is FC(F)(F)C(F)(F)c1cccc(CNc2cccc(Oc3cccc(C(F)(F)C(F)(F)F)c3)c2)c1. The van der Waals surface area contributed by atoms with Gasteiger partial charge in [0.1, 0.15) is 11.5 Å². The van der Waals surface area contributed by atoms with Crippen LogP contribution in [0.3, 0.4) is 0 Å². The molecule has 0 heterocycles. The Kier molecular flexibility index (Phi) is 6.96. The summed E-state index contributed by atoms with van der Waals surface area (Å²) in [4.78, 5) is 0. The zero-order chi connectivity index (χ0) is 26.1. The van der Waals surface area contributed by atoms with Crippen LogP contribution >= 0.6 is 0 Å². The number of ether oxygens (including phenoxy) is 1. The molecule has 0 aliphatic heterocycles.